The summed E-state index contributed by atoms with van der Waals surface area (Å²) < 4.78 is 30.9. The number of benzene rings is 1. The summed E-state index contributed by atoms with van der Waals surface area (Å²) >= 11 is 3.39. The van der Waals surface area contributed by atoms with Crippen LogP contribution in [-0.2, 0) is 14.6 Å². The molecule has 2 N–H and O–H groups in total. The van der Waals surface area contributed by atoms with E-state index in [1.807, 2.05) is 24.3 Å². The number of ether oxygens (including phenoxy) is 1. The molecule has 0 heterocycles. The zero-order chi connectivity index (χ0) is 15.0. The highest BCUT2D eigenvalue weighted by atomic mass is 79.9. The zero-order valence-corrected chi connectivity index (χ0v) is 14.1. The van der Waals surface area contributed by atoms with Crippen LogP contribution in [0, 0.1) is 5.41 Å². The highest BCUT2D eigenvalue weighted by molar-refractivity contribution is 9.10. The third-order valence-corrected chi connectivity index (χ3v) is 7.04. The number of sulfone groups is 1. The molecular weight excluding hydrogens is 342 g/mol. The van der Waals surface area contributed by atoms with Gasteiger partial charge in [0.2, 0.25) is 0 Å². The van der Waals surface area contributed by atoms with Crippen LogP contribution in [0.15, 0.2) is 28.7 Å². The van der Waals surface area contributed by atoms with Gasteiger partial charge in [-0.2, -0.15) is 0 Å². The molecule has 0 bridgehead atoms. The van der Waals surface area contributed by atoms with E-state index < -0.39 is 20.5 Å². The molecule has 0 spiro atoms. The maximum Gasteiger partial charge on any atom is 0.154 e. The summed E-state index contributed by atoms with van der Waals surface area (Å²) in [5.74, 6) is 0.0568. The third kappa shape index (κ3) is 2.54. The number of halogens is 1. The average molecular weight is 362 g/mol. The molecule has 1 aliphatic carbocycles. The molecule has 1 fully saturated rings. The molecule has 1 saturated carbocycles. The van der Waals surface area contributed by atoms with Crippen molar-refractivity contribution in [1.82, 2.24) is 0 Å². The summed E-state index contributed by atoms with van der Waals surface area (Å²) in [7, 11) is -1.56. The molecule has 2 rings (SSSR count). The topological polar surface area (TPSA) is 69.4 Å². The van der Waals surface area contributed by atoms with E-state index >= 15 is 0 Å². The van der Waals surface area contributed by atoms with Crippen LogP contribution >= 0.6 is 15.9 Å². The van der Waals surface area contributed by atoms with Crippen LogP contribution in [0.5, 0.6) is 0 Å². The van der Waals surface area contributed by atoms with Gasteiger partial charge in [0.1, 0.15) is 0 Å². The summed E-state index contributed by atoms with van der Waals surface area (Å²) in [6, 6.07) is 7.77. The zero-order valence-electron chi connectivity index (χ0n) is 11.7. The second-order valence-electron chi connectivity index (χ2n) is 5.27. The lowest BCUT2D eigenvalue weighted by Gasteiger charge is -2.14. The van der Waals surface area contributed by atoms with E-state index in [0.29, 0.717) is 13.2 Å². The van der Waals surface area contributed by atoms with Crippen molar-refractivity contribution in [3.8, 4) is 0 Å². The maximum atomic E-state index is 12.3. The average Bonchev–Trinajstić information content (AvgIpc) is 3.10. The van der Waals surface area contributed by atoms with E-state index in [2.05, 4.69) is 15.9 Å². The van der Waals surface area contributed by atoms with E-state index in [0.717, 1.165) is 10.0 Å². The Morgan fingerprint density at radius 3 is 2.40 bits per heavy atom. The van der Waals surface area contributed by atoms with Gasteiger partial charge in [0, 0.05) is 35.2 Å². The van der Waals surface area contributed by atoms with Crippen molar-refractivity contribution in [3.63, 3.8) is 0 Å². The van der Waals surface area contributed by atoms with Crippen LogP contribution in [-0.4, -0.2) is 39.7 Å². The molecule has 1 aromatic rings. The molecule has 0 radical (unpaired) electrons. The first-order valence-electron chi connectivity index (χ1n) is 6.59. The van der Waals surface area contributed by atoms with Gasteiger partial charge in [0.15, 0.2) is 9.84 Å². The van der Waals surface area contributed by atoms with Crippen molar-refractivity contribution >= 4 is 25.8 Å². The van der Waals surface area contributed by atoms with Gasteiger partial charge in [-0.3, -0.25) is 0 Å². The number of rotatable bonds is 6. The third-order valence-electron chi connectivity index (χ3n) is 4.19. The Balaban J connectivity index is 2.42. The minimum Gasteiger partial charge on any atom is -0.384 e. The second kappa shape index (κ2) is 5.75. The van der Waals surface area contributed by atoms with Gasteiger partial charge in [-0.15, -0.1) is 0 Å². The van der Waals surface area contributed by atoms with Crippen LogP contribution in [0.4, 0.5) is 0 Å². The molecule has 112 valence electrons. The maximum absolute atomic E-state index is 12.3. The summed E-state index contributed by atoms with van der Waals surface area (Å²) in [4.78, 5) is 0. The van der Waals surface area contributed by atoms with Crippen molar-refractivity contribution in [2.45, 2.75) is 18.1 Å². The van der Waals surface area contributed by atoms with Crippen LogP contribution in [0.25, 0.3) is 0 Å². The minimum absolute atomic E-state index is 0.0782. The van der Waals surface area contributed by atoms with Gasteiger partial charge in [0.05, 0.1) is 11.9 Å². The molecule has 3 atom stereocenters. The van der Waals surface area contributed by atoms with Crippen LogP contribution in [0.2, 0.25) is 0 Å². The monoisotopic (exact) mass is 361 g/mol. The minimum atomic E-state index is -3.15. The fourth-order valence-corrected chi connectivity index (χ4v) is 5.53. The quantitative estimate of drug-likeness (QED) is 0.840. The summed E-state index contributed by atoms with van der Waals surface area (Å²) in [5, 5.41) is -0.439. The predicted octanol–water partition coefficient (Wildman–Crippen LogP) is 1.94. The molecule has 0 unspecified atom stereocenters. The Hall–Kier alpha value is -0.430. The molecular formula is C14H20BrNO3S. The van der Waals surface area contributed by atoms with E-state index in [9.17, 15) is 8.42 Å². The van der Waals surface area contributed by atoms with Gasteiger partial charge < -0.3 is 10.5 Å². The number of hydrogen-bond donors (Lipinski definition) is 1. The Morgan fingerprint density at radius 1 is 1.35 bits per heavy atom. The number of methoxy groups -OCH3 is 1. The largest absolute Gasteiger partial charge is 0.384 e. The molecule has 0 aliphatic heterocycles. The van der Waals surface area contributed by atoms with Crippen LogP contribution < -0.4 is 5.73 Å². The first-order chi connectivity index (χ1) is 9.43. The Labute approximate surface area is 128 Å². The van der Waals surface area contributed by atoms with Crippen LogP contribution in [0.1, 0.15) is 18.4 Å². The Kier molecular flexibility index (Phi) is 4.59. The standard InChI is InChI=1S/C14H20BrNO3S/c1-3-20(17,18)13-12(14(13,8-16)9-19-2)10-4-6-11(15)7-5-10/h4-7,12-13H,3,8-9,16H2,1-2H3/t12-,13+,14+/m0/s1. The highest BCUT2D eigenvalue weighted by Crippen LogP contribution is 2.62. The smallest absolute Gasteiger partial charge is 0.154 e. The first-order valence-corrected chi connectivity index (χ1v) is 9.10. The molecule has 4 nitrogen and oxygen atoms in total. The lowest BCUT2D eigenvalue weighted by Crippen LogP contribution is -2.28. The SMILES string of the molecule is CCS(=O)(=O)[C@@H]1[C@H](c2ccc(Br)cc2)[C@@]1(CN)COC. The fraction of sp³-hybridized carbons (Fsp3) is 0.571. The van der Waals surface area contributed by atoms with Crippen molar-refractivity contribution < 1.29 is 13.2 Å². The number of hydrogen-bond acceptors (Lipinski definition) is 4. The van der Waals surface area contributed by atoms with E-state index in [1.165, 1.54) is 0 Å². The van der Waals surface area contributed by atoms with Crippen molar-refractivity contribution in [2.75, 3.05) is 26.0 Å². The normalized spacial score (nSPS) is 29.4. The summed E-state index contributed by atoms with van der Waals surface area (Å²) in [6.45, 7) is 2.36. The lowest BCUT2D eigenvalue weighted by molar-refractivity contribution is 0.142. The Morgan fingerprint density at radius 2 is 1.95 bits per heavy atom. The fourth-order valence-electron chi connectivity index (χ4n) is 3.12. The highest BCUT2D eigenvalue weighted by Gasteiger charge is 2.69. The second-order valence-corrected chi connectivity index (χ2v) is 8.60. The van der Waals surface area contributed by atoms with Crippen LogP contribution in [0.3, 0.4) is 0 Å². The van der Waals surface area contributed by atoms with Crippen molar-refractivity contribution in [2.24, 2.45) is 11.1 Å². The Bertz CT molecular complexity index is 573. The van der Waals surface area contributed by atoms with Gasteiger partial charge in [-0.05, 0) is 17.7 Å². The van der Waals surface area contributed by atoms with E-state index in [4.69, 9.17) is 10.5 Å². The van der Waals surface area contributed by atoms with Gasteiger partial charge in [-0.1, -0.05) is 35.0 Å². The molecule has 1 aromatic carbocycles. The molecule has 0 saturated heterocycles. The summed E-state index contributed by atoms with van der Waals surface area (Å²) in [6.07, 6.45) is 0. The van der Waals surface area contributed by atoms with Gasteiger partial charge in [-0.25, -0.2) is 8.42 Å². The first kappa shape index (κ1) is 15.9. The number of nitrogens with two attached hydrogens (primary N) is 1. The van der Waals surface area contributed by atoms with E-state index in [1.54, 1.807) is 14.0 Å². The van der Waals surface area contributed by atoms with Crippen molar-refractivity contribution in [1.29, 1.82) is 0 Å². The van der Waals surface area contributed by atoms with Crippen molar-refractivity contribution in [3.05, 3.63) is 34.3 Å². The van der Waals surface area contributed by atoms with Gasteiger partial charge in [0.25, 0.3) is 0 Å². The lowest BCUT2D eigenvalue weighted by atomic mass is 10.0. The molecule has 0 amide bonds. The molecule has 6 heteroatoms. The van der Waals surface area contributed by atoms with Gasteiger partial charge >= 0.3 is 0 Å². The van der Waals surface area contributed by atoms with E-state index in [-0.39, 0.29) is 11.7 Å². The predicted molar refractivity (Wildman–Crippen MR) is 83.5 cm³/mol. The molecule has 1 aliphatic rings. The molecule has 0 aromatic heterocycles. The summed E-state index contributed by atoms with van der Waals surface area (Å²) in [5.41, 5.74) is 6.42. The molecule has 20 heavy (non-hydrogen) atoms.